The maximum atomic E-state index is 12.7. The molecule has 54 heavy (non-hydrogen) atoms. The Morgan fingerprint density at radius 3 is 1.35 bits per heavy atom. The van der Waals surface area contributed by atoms with Crippen molar-refractivity contribution in [1.82, 2.24) is 0 Å². The predicted octanol–water partition coefficient (Wildman–Crippen LogP) is 4.20. The summed E-state index contributed by atoms with van der Waals surface area (Å²) in [5, 5.41) is 0. The minimum absolute atomic E-state index is 0.0166. The summed E-state index contributed by atoms with van der Waals surface area (Å²) < 4.78 is 60.4. The zero-order valence-electron chi connectivity index (χ0n) is 30.6. The molecule has 0 N–H and O–H groups in total. The molecule has 3 aromatic carbocycles. The number of hydrogen-bond donors (Lipinski definition) is 0. The highest BCUT2D eigenvalue weighted by Gasteiger charge is 2.56. The minimum atomic E-state index is -1.38. The number of ether oxygens (including phenoxy) is 10. The molecule has 3 aromatic rings. The number of rotatable bonds is 17. The van der Waals surface area contributed by atoms with Crippen molar-refractivity contribution in [2.75, 3.05) is 13.2 Å². The fourth-order valence-electron chi connectivity index (χ4n) is 6.18. The molecular formula is C40H46O14. The first-order valence-corrected chi connectivity index (χ1v) is 17.6. The van der Waals surface area contributed by atoms with Crippen molar-refractivity contribution in [3.05, 3.63) is 108 Å². The van der Waals surface area contributed by atoms with E-state index in [4.69, 9.17) is 47.4 Å². The molecule has 2 fully saturated rings. The van der Waals surface area contributed by atoms with E-state index >= 15 is 0 Å². The molecule has 5 rings (SSSR count). The van der Waals surface area contributed by atoms with Gasteiger partial charge in [0.1, 0.15) is 24.4 Å². The SMILES string of the molecule is CC(=O)O[C@H]1O[C@H](COCc2ccccc2)[C@@H](O[C@H]2O[C@H](COCc3ccccc3)[C@@H](OC(C)=O)[C@H](OC(C)=O)[C@H]2OCc2ccccc2)[C@H]1OC(C)=O. The smallest absolute Gasteiger partial charge is 0.305 e. The zero-order chi connectivity index (χ0) is 38.5. The molecule has 9 atom stereocenters. The standard InChI is InChI=1S/C40H46O14/c1-25(41)48-34-32(23-45-20-29-14-8-5-9-15-29)52-39(37(36(34)49-26(2)42)47-22-31-18-12-7-13-19-31)54-35-33(24-46-21-30-16-10-6-11-17-30)53-40(51-28(4)44)38(35)50-27(3)43/h5-19,32-40H,20-24H2,1-4H3/t32-,33-,34-,35-,36+,37-,38-,39-,40+/m1/s1. The summed E-state index contributed by atoms with van der Waals surface area (Å²) in [5.74, 6) is -2.72. The van der Waals surface area contributed by atoms with Crippen LogP contribution < -0.4 is 0 Å². The van der Waals surface area contributed by atoms with E-state index in [1.54, 1.807) is 0 Å². The fourth-order valence-corrected chi connectivity index (χ4v) is 6.18. The Bertz CT molecular complexity index is 1640. The largest absolute Gasteiger partial charge is 0.456 e. The van der Waals surface area contributed by atoms with Gasteiger partial charge in [-0.1, -0.05) is 91.0 Å². The predicted molar refractivity (Wildman–Crippen MR) is 188 cm³/mol. The van der Waals surface area contributed by atoms with Crippen molar-refractivity contribution < 1.29 is 66.5 Å². The third-order valence-electron chi connectivity index (χ3n) is 8.41. The van der Waals surface area contributed by atoms with Gasteiger partial charge in [-0.2, -0.15) is 0 Å². The molecule has 2 aliphatic rings. The summed E-state index contributed by atoms with van der Waals surface area (Å²) in [6.07, 6.45) is -10.9. The third-order valence-corrected chi connectivity index (χ3v) is 8.41. The summed E-state index contributed by atoms with van der Waals surface area (Å²) in [5.41, 5.74) is 2.55. The highest BCUT2D eigenvalue weighted by atomic mass is 16.8. The van der Waals surface area contributed by atoms with E-state index in [9.17, 15) is 19.2 Å². The summed E-state index contributed by atoms with van der Waals surface area (Å²) in [4.78, 5) is 49.7. The maximum absolute atomic E-state index is 12.7. The van der Waals surface area contributed by atoms with Crippen LogP contribution in [-0.2, 0) is 86.4 Å². The summed E-state index contributed by atoms with van der Waals surface area (Å²) in [7, 11) is 0. The van der Waals surface area contributed by atoms with Crippen molar-refractivity contribution >= 4 is 23.9 Å². The Morgan fingerprint density at radius 1 is 0.463 bits per heavy atom. The van der Waals surface area contributed by atoms with Gasteiger partial charge in [0.15, 0.2) is 24.6 Å². The quantitative estimate of drug-likeness (QED) is 0.143. The van der Waals surface area contributed by atoms with Gasteiger partial charge in [0, 0.05) is 27.7 Å². The molecule has 0 amide bonds. The molecule has 14 heteroatoms. The van der Waals surface area contributed by atoms with Crippen LogP contribution in [0.2, 0.25) is 0 Å². The Kier molecular flexibility index (Phi) is 15.1. The molecule has 0 bridgehead atoms. The van der Waals surface area contributed by atoms with Crippen molar-refractivity contribution in [3.8, 4) is 0 Å². The first-order chi connectivity index (χ1) is 26.1. The molecular weight excluding hydrogens is 704 g/mol. The van der Waals surface area contributed by atoms with Gasteiger partial charge in [0.05, 0.1) is 33.0 Å². The molecule has 2 saturated heterocycles. The highest BCUT2D eigenvalue weighted by Crippen LogP contribution is 2.35. The number of esters is 4. The summed E-state index contributed by atoms with van der Waals surface area (Å²) in [6, 6.07) is 28.1. The van der Waals surface area contributed by atoms with Gasteiger partial charge in [-0.3, -0.25) is 19.2 Å². The number of carbonyl (C=O) groups is 4. The monoisotopic (exact) mass is 750 g/mol. The number of carbonyl (C=O) groups excluding carboxylic acids is 4. The van der Waals surface area contributed by atoms with Crippen LogP contribution in [0.15, 0.2) is 91.0 Å². The topological polar surface area (TPSA) is 161 Å². The second-order valence-corrected chi connectivity index (χ2v) is 12.8. The van der Waals surface area contributed by atoms with Crippen molar-refractivity contribution in [3.63, 3.8) is 0 Å². The lowest BCUT2D eigenvalue weighted by Gasteiger charge is -2.45. The molecule has 0 radical (unpaired) electrons. The Hall–Kier alpha value is -4.70. The van der Waals surface area contributed by atoms with Crippen LogP contribution >= 0.6 is 0 Å². The number of benzene rings is 3. The molecule has 0 spiro atoms. The van der Waals surface area contributed by atoms with Gasteiger partial charge in [-0.15, -0.1) is 0 Å². The molecule has 14 nitrogen and oxygen atoms in total. The van der Waals surface area contributed by atoms with E-state index in [1.807, 2.05) is 91.0 Å². The lowest BCUT2D eigenvalue weighted by molar-refractivity contribution is -0.331. The average Bonchev–Trinajstić information content (AvgIpc) is 3.43. The van der Waals surface area contributed by atoms with Crippen LogP contribution in [0, 0.1) is 0 Å². The first-order valence-electron chi connectivity index (χ1n) is 17.6. The molecule has 0 aromatic heterocycles. The second-order valence-electron chi connectivity index (χ2n) is 12.8. The molecule has 0 saturated carbocycles. The molecule has 290 valence electrons. The molecule has 0 aliphatic carbocycles. The van der Waals surface area contributed by atoms with Crippen LogP contribution in [-0.4, -0.2) is 92.4 Å². The van der Waals surface area contributed by atoms with Crippen LogP contribution in [0.25, 0.3) is 0 Å². The molecule has 2 aliphatic heterocycles. The second kappa shape index (κ2) is 20.1. The summed E-state index contributed by atoms with van der Waals surface area (Å²) >= 11 is 0. The maximum Gasteiger partial charge on any atom is 0.305 e. The van der Waals surface area contributed by atoms with Gasteiger partial charge >= 0.3 is 23.9 Å². The summed E-state index contributed by atoms with van der Waals surface area (Å²) in [6.45, 7) is 5.06. The van der Waals surface area contributed by atoms with Crippen molar-refractivity contribution in [2.45, 2.75) is 103 Å². The van der Waals surface area contributed by atoms with Crippen molar-refractivity contribution in [1.29, 1.82) is 0 Å². The van der Waals surface area contributed by atoms with E-state index in [2.05, 4.69) is 0 Å². The highest BCUT2D eigenvalue weighted by molar-refractivity contribution is 5.68. The van der Waals surface area contributed by atoms with Gasteiger partial charge in [0.25, 0.3) is 0 Å². The van der Waals surface area contributed by atoms with Crippen LogP contribution in [0.5, 0.6) is 0 Å². The van der Waals surface area contributed by atoms with E-state index < -0.39 is 79.2 Å². The minimum Gasteiger partial charge on any atom is -0.456 e. The van der Waals surface area contributed by atoms with E-state index in [-0.39, 0.29) is 33.0 Å². The van der Waals surface area contributed by atoms with Crippen molar-refractivity contribution in [2.24, 2.45) is 0 Å². The van der Waals surface area contributed by atoms with Crippen LogP contribution in [0.4, 0.5) is 0 Å². The lowest BCUT2D eigenvalue weighted by Crippen LogP contribution is -2.63. The van der Waals surface area contributed by atoms with E-state index in [1.165, 1.54) is 27.7 Å². The normalized spacial score (nSPS) is 26.4. The lowest BCUT2D eigenvalue weighted by atomic mass is 9.97. The molecule has 2 heterocycles. The fraction of sp³-hybridized carbons (Fsp3) is 0.450. The van der Waals surface area contributed by atoms with E-state index in [0.29, 0.717) is 0 Å². The van der Waals surface area contributed by atoms with Gasteiger partial charge in [-0.05, 0) is 16.7 Å². The Morgan fingerprint density at radius 2 is 0.870 bits per heavy atom. The number of hydrogen-bond acceptors (Lipinski definition) is 14. The van der Waals surface area contributed by atoms with Gasteiger partial charge in [-0.25, -0.2) is 0 Å². The Balaban J connectivity index is 1.49. The average molecular weight is 751 g/mol. The third kappa shape index (κ3) is 11.9. The van der Waals surface area contributed by atoms with Crippen LogP contribution in [0.3, 0.4) is 0 Å². The van der Waals surface area contributed by atoms with Gasteiger partial charge < -0.3 is 47.4 Å². The first kappa shape index (κ1) is 40.5. The van der Waals surface area contributed by atoms with E-state index in [0.717, 1.165) is 16.7 Å². The Labute approximate surface area is 313 Å². The van der Waals surface area contributed by atoms with Gasteiger partial charge in [0.2, 0.25) is 6.29 Å². The zero-order valence-corrected chi connectivity index (χ0v) is 30.6. The molecule has 0 unspecified atom stereocenters. The van der Waals surface area contributed by atoms with Crippen LogP contribution in [0.1, 0.15) is 44.4 Å².